The SMILES string of the molecule is CC.CC.CC(=O)Nc1ccc(-n2c(C)cc3ccccc32)cc1.CC(=O)Nc1ccc(-n2c(C)cc3ccccc32)cc1.CNCOC. The number of nitrogens with zero attached hydrogens (tertiary/aromatic N) is 2. The van der Waals surface area contributed by atoms with E-state index in [9.17, 15) is 9.59 Å². The molecule has 8 nitrogen and oxygen atoms in total. The van der Waals surface area contributed by atoms with Gasteiger partial charge < -0.3 is 24.5 Å². The zero-order valence-electron chi connectivity index (χ0n) is 30.7. The predicted octanol–water partition coefficient (Wildman–Crippen LogP) is 9.66. The van der Waals surface area contributed by atoms with E-state index in [0.717, 1.165) is 22.7 Å². The van der Waals surface area contributed by atoms with Crippen molar-refractivity contribution in [3.05, 3.63) is 121 Å². The van der Waals surface area contributed by atoms with Crippen molar-refractivity contribution in [3.63, 3.8) is 0 Å². The van der Waals surface area contributed by atoms with Crippen molar-refractivity contribution in [2.75, 3.05) is 31.5 Å². The van der Waals surface area contributed by atoms with Crippen LogP contribution in [0.25, 0.3) is 33.2 Å². The molecule has 0 atom stereocenters. The molecule has 0 aliphatic heterocycles. The summed E-state index contributed by atoms with van der Waals surface area (Å²) in [5.74, 6) is -0.110. The minimum atomic E-state index is -0.0552. The molecule has 0 saturated carbocycles. The molecule has 2 aromatic heterocycles. The third-order valence-corrected chi connectivity index (χ3v) is 6.97. The molecule has 0 unspecified atom stereocenters. The maximum absolute atomic E-state index is 11.0. The molecule has 0 bridgehead atoms. The molecule has 6 aromatic rings. The van der Waals surface area contributed by atoms with Gasteiger partial charge in [-0.3, -0.25) is 14.9 Å². The fourth-order valence-electron chi connectivity index (χ4n) is 5.21. The van der Waals surface area contributed by atoms with Crippen LogP contribution in [0.15, 0.2) is 109 Å². The molecule has 0 radical (unpaired) electrons. The maximum Gasteiger partial charge on any atom is 0.221 e. The van der Waals surface area contributed by atoms with Crippen LogP contribution in [-0.4, -0.2) is 41.8 Å². The van der Waals surface area contributed by atoms with E-state index in [0.29, 0.717) is 6.73 Å². The van der Waals surface area contributed by atoms with Gasteiger partial charge in [0.2, 0.25) is 11.8 Å². The third kappa shape index (κ3) is 11.5. The first-order chi connectivity index (χ1) is 23.7. The summed E-state index contributed by atoms with van der Waals surface area (Å²) in [5.41, 5.74) is 8.59. The van der Waals surface area contributed by atoms with Crippen molar-refractivity contribution in [2.24, 2.45) is 0 Å². The van der Waals surface area contributed by atoms with E-state index in [4.69, 9.17) is 0 Å². The summed E-state index contributed by atoms with van der Waals surface area (Å²) in [6, 6.07) is 36.8. The molecule has 8 heteroatoms. The van der Waals surface area contributed by atoms with Gasteiger partial charge in [-0.1, -0.05) is 64.1 Å². The van der Waals surface area contributed by atoms with Crippen molar-refractivity contribution in [3.8, 4) is 11.4 Å². The lowest BCUT2D eigenvalue weighted by Gasteiger charge is -2.09. The van der Waals surface area contributed by atoms with E-state index < -0.39 is 0 Å². The van der Waals surface area contributed by atoms with Gasteiger partial charge in [0, 0.05) is 65.9 Å². The highest BCUT2D eigenvalue weighted by atomic mass is 16.5. The van der Waals surface area contributed by atoms with Crippen molar-refractivity contribution in [1.29, 1.82) is 0 Å². The molecule has 2 amide bonds. The second kappa shape index (κ2) is 20.9. The Bertz CT molecular complexity index is 1730. The minimum absolute atomic E-state index is 0.0552. The van der Waals surface area contributed by atoms with Gasteiger partial charge >= 0.3 is 0 Å². The van der Waals surface area contributed by atoms with Gasteiger partial charge in [-0.25, -0.2) is 0 Å². The number of benzene rings is 4. The monoisotopic (exact) mass is 663 g/mol. The van der Waals surface area contributed by atoms with E-state index >= 15 is 0 Å². The molecule has 0 spiro atoms. The number of aromatic nitrogens is 2. The Morgan fingerprint density at radius 1 is 0.592 bits per heavy atom. The number of fused-ring (bicyclic) bond motifs is 2. The molecular formula is C41H53N5O3. The lowest BCUT2D eigenvalue weighted by molar-refractivity contribution is -0.115. The van der Waals surface area contributed by atoms with Crippen LogP contribution in [0.2, 0.25) is 0 Å². The summed E-state index contributed by atoms with van der Waals surface area (Å²) >= 11 is 0. The summed E-state index contributed by atoms with van der Waals surface area (Å²) in [5, 5.41) is 10.8. The zero-order chi connectivity index (χ0) is 36.3. The first-order valence-corrected chi connectivity index (χ1v) is 16.8. The van der Waals surface area contributed by atoms with Gasteiger partial charge in [0.05, 0.1) is 17.8 Å². The number of rotatable bonds is 6. The van der Waals surface area contributed by atoms with Gasteiger partial charge in [0.15, 0.2) is 0 Å². The van der Waals surface area contributed by atoms with Crippen molar-refractivity contribution in [1.82, 2.24) is 14.5 Å². The van der Waals surface area contributed by atoms with Crippen LogP contribution in [-0.2, 0) is 14.3 Å². The van der Waals surface area contributed by atoms with Crippen LogP contribution >= 0.6 is 0 Å². The minimum Gasteiger partial charge on any atom is -0.370 e. The molecule has 2 heterocycles. The van der Waals surface area contributed by atoms with E-state index in [1.807, 2.05) is 108 Å². The molecule has 260 valence electrons. The van der Waals surface area contributed by atoms with Crippen LogP contribution < -0.4 is 16.0 Å². The number of nitrogens with one attached hydrogen (secondary N) is 3. The number of amides is 2. The van der Waals surface area contributed by atoms with E-state index in [1.165, 1.54) is 47.0 Å². The van der Waals surface area contributed by atoms with Crippen molar-refractivity contribution >= 4 is 45.0 Å². The van der Waals surface area contributed by atoms with E-state index in [1.54, 1.807) is 7.11 Å². The predicted molar refractivity (Wildman–Crippen MR) is 208 cm³/mol. The smallest absolute Gasteiger partial charge is 0.221 e. The summed E-state index contributed by atoms with van der Waals surface area (Å²) < 4.78 is 9.01. The Labute approximate surface area is 292 Å². The van der Waals surface area contributed by atoms with Crippen LogP contribution in [0.1, 0.15) is 52.9 Å². The van der Waals surface area contributed by atoms with E-state index in [-0.39, 0.29) is 11.8 Å². The van der Waals surface area contributed by atoms with Crippen LogP contribution in [0, 0.1) is 13.8 Å². The van der Waals surface area contributed by atoms with Crippen molar-refractivity contribution in [2.45, 2.75) is 55.4 Å². The number of methoxy groups -OCH3 is 1. The standard InChI is InChI=1S/2C17H16N2O.C3H9NO.2C2H6/c2*1-12-11-14-5-3-4-6-17(14)19(12)16-9-7-15(8-10-16)18-13(2)20;1-4-3-5-2;2*1-2/h2*3-11H,1-2H3,(H,18,20);4H,3H2,1-2H3;2*1-2H3. The number of ether oxygens (including phenoxy) is 1. The molecule has 0 aliphatic carbocycles. The second-order valence-corrected chi connectivity index (χ2v) is 10.6. The van der Waals surface area contributed by atoms with Gasteiger partial charge in [0.1, 0.15) is 0 Å². The summed E-state index contributed by atoms with van der Waals surface area (Å²) in [7, 11) is 3.49. The highest BCUT2D eigenvalue weighted by Crippen LogP contribution is 2.26. The largest absolute Gasteiger partial charge is 0.370 e. The molecule has 0 aliphatic rings. The Morgan fingerprint density at radius 2 is 0.939 bits per heavy atom. The number of para-hydroxylation sites is 2. The highest BCUT2D eigenvalue weighted by molar-refractivity contribution is 5.90. The van der Waals surface area contributed by atoms with Gasteiger partial charge in [-0.05, 0) is 93.7 Å². The fraction of sp³-hybridized carbons (Fsp3) is 0.268. The van der Waals surface area contributed by atoms with Gasteiger partial charge in [0.25, 0.3) is 0 Å². The van der Waals surface area contributed by atoms with E-state index in [2.05, 4.69) is 80.1 Å². The highest BCUT2D eigenvalue weighted by Gasteiger charge is 2.08. The summed E-state index contributed by atoms with van der Waals surface area (Å²) in [6.07, 6.45) is 0. The number of hydrogen-bond acceptors (Lipinski definition) is 4. The van der Waals surface area contributed by atoms with Crippen LogP contribution in [0.4, 0.5) is 11.4 Å². The molecule has 0 fully saturated rings. The fourth-order valence-corrected chi connectivity index (χ4v) is 5.21. The molecule has 6 rings (SSSR count). The average molecular weight is 664 g/mol. The Morgan fingerprint density at radius 3 is 1.22 bits per heavy atom. The average Bonchev–Trinajstić information content (AvgIpc) is 3.63. The quantitative estimate of drug-likeness (QED) is 0.155. The Hall–Kier alpha value is -5.18. The van der Waals surface area contributed by atoms with Crippen LogP contribution in [0.3, 0.4) is 0 Å². The number of hydrogen-bond donors (Lipinski definition) is 3. The van der Waals surface area contributed by atoms with Crippen LogP contribution in [0.5, 0.6) is 0 Å². The first-order valence-electron chi connectivity index (χ1n) is 16.8. The number of anilines is 2. The molecular weight excluding hydrogens is 610 g/mol. The molecule has 49 heavy (non-hydrogen) atoms. The topological polar surface area (TPSA) is 89.3 Å². The maximum atomic E-state index is 11.0. The summed E-state index contributed by atoms with van der Waals surface area (Å²) in [6.45, 7) is 15.9. The lowest BCUT2D eigenvalue weighted by Crippen LogP contribution is -2.08. The van der Waals surface area contributed by atoms with Crippen molar-refractivity contribution < 1.29 is 14.3 Å². The Kier molecular flexibility index (Phi) is 17.1. The number of aryl methyl sites for hydroxylation is 2. The van der Waals surface area contributed by atoms with Gasteiger partial charge in [-0.2, -0.15) is 0 Å². The Balaban J connectivity index is 0.000000275. The normalized spacial score (nSPS) is 9.84. The zero-order valence-corrected chi connectivity index (χ0v) is 30.7. The lowest BCUT2D eigenvalue weighted by atomic mass is 10.2. The first kappa shape index (κ1) is 40.0. The second-order valence-electron chi connectivity index (χ2n) is 10.6. The molecule has 3 N–H and O–H groups in total. The number of carbonyl (C=O) groups excluding carboxylic acids is 2. The summed E-state index contributed by atoms with van der Waals surface area (Å²) in [4.78, 5) is 22.1. The third-order valence-electron chi connectivity index (χ3n) is 6.97. The molecule has 0 saturated heterocycles. The van der Waals surface area contributed by atoms with Gasteiger partial charge in [-0.15, -0.1) is 0 Å². The molecule has 4 aromatic carbocycles. The number of carbonyl (C=O) groups is 2.